The molecule has 0 aliphatic heterocycles. The maximum atomic E-state index is 21.3. The topological polar surface area (TPSA) is 315 Å². The van der Waals surface area contributed by atoms with Crippen molar-refractivity contribution in [1.82, 2.24) is 38.4 Å². The molecule has 5 heterocycles. The number of carboxylic acid groups (broad SMARTS) is 1. The molecular formula is C101H83Br5F5N9O16. The first kappa shape index (κ1) is 97.2. The summed E-state index contributed by atoms with van der Waals surface area (Å²) in [5, 5.41) is 17.3. The van der Waals surface area contributed by atoms with Crippen LogP contribution in [0.2, 0.25) is 0 Å². The molecule has 25 nitrogen and oxygen atoms in total. The molecule has 0 saturated carbocycles. The maximum absolute atomic E-state index is 21.3. The number of carbonyl (C=O) groups is 10. The summed E-state index contributed by atoms with van der Waals surface area (Å²) in [4.78, 5) is 177. The van der Waals surface area contributed by atoms with E-state index in [1.165, 1.54) is 170 Å². The van der Waals surface area contributed by atoms with Crippen LogP contribution in [0.1, 0.15) is 146 Å². The van der Waals surface area contributed by atoms with Gasteiger partial charge in [0.05, 0.1) is 75.0 Å². The number of aliphatic carboxylic acids is 1. The number of rotatable bonds is 27. The number of nitrogens with zero attached hydrogens (tertiary/aromatic N) is 6. The lowest BCUT2D eigenvalue weighted by atomic mass is 9.55. The number of aromatic nitrogens is 5. The fraction of sp³-hybridized carbons (Fsp3) is 0.208. The van der Waals surface area contributed by atoms with Crippen LogP contribution >= 0.6 is 79.6 Å². The third-order valence-electron chi connectivity index (χ3n) is 25.2. The first-order valence-corrected chi connectivity index (χ1v) is 46.1. The van der Waals surface area contributed by atoms with E-state index in [1.54, 1.807) is 0 Å². The fourth-order valence-corrected chi connectivity index (χ4v) is 20.9. The number of fused-ring (bicyclic) bond motifs is 5. The lowest BCUT2D eigenvalue weighted by molar-refractivity contribution is -0.162. The third-order valence-corrected chi connectivity index (χ3v) is 27.9. The number of primary amides is 1. The van der Waals surface area contributed by atoms with E-state index in [1.807, 2.05) is 0 Å². The highest BCUT2D eigenvalue weighted by Crippen LogP contribution is 2.62. The molecule has 4 amide bonds. The number of nitrogens with one attached hydrogen (secondary N) is 2. The molecule has 5 aromatic heterocycles. The molecule has 0 bridgehead atoms. The van der Waals surface area contributed by atoms with Gasteiger partial charge in [0, 0.05) is 162 Å². The minimum Gasteiger partial charge on any atom is -0.494 e. The number of hydrogen-bond acceptors (Lipinski definition) is 15. The first-order valence-electron chi connectivity index (χ1n) is 42.1. The van der Waals surface area contributed by atoms with Crippen molar-refractivity contribution < 1.29 is 98.7 Å². The standard InChI is InChI=1S/C101H83Br5F5N9O16/c1-14-36-115(101(98(112)130,86-51(7)120(96(127)56-24-34-61(106)35-25-56)76-46-71(111)81(136-13)41-66(76)86)89(97(128)129)84-49(5)118(94(125)54-20-30-59(104)31-21-54)74-44-69(109)79(134-11)39-64(74)84)99(131)100(85-50(6)119(95(126)55-22-32-60(105)33-23-55)75-45-70(110)80(135-12)40-65(75)85,87(90(121)113-8)82-47(3)116(92(123)52-16-26-57(102)27-17-52)72-42-67(107)77(132-9)37-62(72)82)88(91(122)114-15-2)83-48(4)117(93(124)53-18-28-58(103)29-19-53)73-43-68(108)78(133-10)38-63(73)83/h16-35,37-46,87-89H,14-15,36H2,1-13H3,(H2,112,130)(H,113,121)(H,114,122)(H,128,129). The number of nitrogens with two attached hydrogens (primary N) is 1. The molecule has 0 aliphatic carbocycles. The van der Waals surface area contributed by atoms with Crippen LogP contribution < -0.4 is 40.1 Å². The summed E-state index contributed by atoms with van der Waals surface area (Å²) >= 11 is 17.2. The first-order chi connectivity index (χ1) is 64.8. The predicted octanol–water partition coefficient (Wildman–Crippen LogP) is 20.2. The van der Waals surface area contributed by atoms with Gasteiger partial charge in [-0.15, -0.1) is 0 Å². The van der Waals surface area contributed by atoms with Gasteiger partial charge in [-0.25, -0.2) is 22.0 Å². The zero-order valence-electron chi connectivity index (χ0n) is 74.8. The zero-order chi connectivity index (χ0) is 98.3. The van der Waals surface area contributed by atoms with Crippen molar-refractivity contribution in [2.75, 3.05) is 55.7 Å². The summed E-state index contributed by atoms with van der Waals surface area (Å²) in [6.45, 7) is 7.66. The smallest absolute Gasteiger partial charge is 0.314 e. The van der Waals surface area contributed by atoms with E-state index >= 15 is 69.9 Å². The largest absolute Gasteiger partial charge is 0.494 e. The Balaban J connectivity index is 1.30. The molecule has 5 N–H and O–H groups in total. The molecule has 5 atom stereocenters. The molecule has 698 valence electrons. The average molecular weight is 2170 g/mol. The van der Waals surface area contributed by atoms with Crippen molar-refractivity contribution in [2.24, 2.45) is 5.73 Å². The monoisotopic (exact) mass is 2170 g/mol. The number of methoxy groups -OCH3 is 5. The van der Waals surface area contributed by atoms with E-state index in [9.17, 15) is 5.11 Å². The molecule has 15 rings (SSSR count). The van der Waals surface area contributed by atoms with E-state index in [0.717, 1.165) is 126 Å². The Morgan fingerprint density at radius 1 is 0.382 bits per heavy atom. The molecule has 10 aromatic carbocycles. The van der Waals surface area contributed by atoms with Crippen molar-refractivity contribution in [2.45, 2.75) is 83.6 Å². The van der Waals surface area contributed by atoms with Crippen LogP contribution in [0.3, 0.4) is 0 Å². The van der Waals surface area contributed by atoms with Gasteiger partial charge < -0.3 is 50.1 Å². The van der Waals surface area contributed by atoms with Crippen LogP contribution in [0.4, 0.5) is 22.0 Å². The van der Waals surface area contributed by atoms with Gasteiger partial charge in [-0.05, 0) is 222 Å². The van der Waals surface area contributed by atoms with Crippen molar-refractivity contribution in [3.05, 3.63) is 318 Å². The molecule has 0 fully saturated rings. The summed E-state index contributed by atoms with van der Waals surface area (Å²) in [5.74, 6) is -31.4. The molecule has 0 saturated heterocycles. The molecule has 0 spiro atoms. The minimum atomic E-state index is -3.92. The molecule has 15 aromatic rings. The quantitative estimate of drug-likeness (QED) is 0.0348. The highest BCUT2D eigenvalue weighted by molar-refractivity contribution is 9.11. The summed E-state index contributed by atoms with van der Waals surface area (Å²) in [7, 11) is 6.50. The van der Waals surface area contributed by atoms with Crippen LogP contribution in [0, 0.1) is 63.7 Å². The normalized spacial score (nSPS) is 13.1. The van der Waals surface area contributed by atoms with Gasteiger partial charge >= 0.3 is 5.97 Å². The molecule has 5 unspecified atom stereocenters. The van der Waals surface area contributed by atoms with Crippen LogP contribution in [-0.2, 0) is 34.9 Å². The Labute approximate surface area is 815 Å². The zero-order valence-corrected chi connectivity index (χ0v) is 82.7. The summed E-state index contributed by atoms with van der Waals surface area (Å²) in [6, 6.07) is 38.6. The number of carbonyl (C=O) groups excluding carboxylic acids is 9. The van der Waals surface area contributed by atoms with E-state index in [2.05, 4.69) is 90.3 Å². The Morgan fingerprint density at radius 2 is 0.632 bits per heavy atom. The number of carboxylic acids is 1. The van der Waals surface area contributed by atoms with Crippen molar-refractivity contribution >= 4 is 193 Å². The van der Waals surface area contributed by atoms with Gasteiger partial charge in [0.2, 0.25) is 23.6 Å². The SMILES string of the molecule is CCCN(C(=O)C(c1c(C)n(C(=O)c2ccc(Br)cc2)c2cc(F)c(OC)cc12)(C(C(=O)NC)c1c(C)n(C(=O)c2ccc(Br)cc2)c2cc(F)c(OC)cc12)C(C(=O)NCC)c1c(C)n(C(=O)c2ccc(Br)cc2)c2cc(F)c(OC)cc12)C(C(N)=O)(c1c(C)n(C(=O)c2ccc(Br)cc2)c2cc(F)c(OC)cc12)C(C(=O)O)c1c(C)n(C(=O)c2ccc(Br)cc2)c2cc(F)c(OC)cc12. The number of amides is 4. The van der Waals surface area contributed by atoms with Gasteiger partial charge in [0.15, 0.2) is 63.4 Å². The second-order valence-electron chi connectivity index (χ2n) is 32.3. The van der Waals surface area contributed by atoms with Gasteiger partial charge in [-0.1, -0.05) is 86.6 Å². The van der Waals surface area contributed by atoms with Crippen molar-refractivity contribution in [3.63, 3.8) is 0 Å². The van der Waals surface area contributed by atoms with Gasteiger partial charge in [-0.2, -0.15) is 0 Å². The van der Waals surface area contributed by atoms with E-state index in [-0.39, 0.29) is 50.0 Å². The number of benzene rings is 10. The number of hydrogen-bond donors (Lipinski definition) is 4. The number of ether oxygens (including phenoxy) is 5. The maximum Gasteiger partial charge on any atom is 0.314 e. The van der Waals surface area contributed by atoms with Gasteiger partial charge in [0.1, 0.15) is 11.3 Å². The van der Waals surface area contributed by atoms with Crippen LogP contribution in [0.25, 0.3) is 54.5 Å². The fourth-order valence-electron chi connectivity index (χ4n) is 19.5. The average Bonchev–Trinajstić information content (AvgIpc) is 1.45. The summed E-state index contributed by atoms with van der Waals surface area (Å²) in [5.41, 5.74) is -8.58. The van der Waals surface area contributed by atoms with Crippen molar-refractivity contribution in [3.8, 4) is 28.7 Å². The summed E-state index contributed by atoms with van der Waals surface area (Å²) < 4.78 is 125. The Bertz CT molecular complexity index is 7560. The molecule has 35 heteroatoms. The van der Waals surface area contributed by atoms with Crippen LogP contribution in [0.15, 0.2) is 204 Å². The Hall–Kier alpha value is -13.4. The Kier molecular flexibility index (Phi) is 27.2. The van der Waals surface area contributed by atoms with Gasteiger partial charge in [0.25, 0.3) is 29.5 Å². The Morgan fingerprint density at radius 3 is 0.890 bits per heavy atom. The highest BCUT2D eigenvalue weighted by atomic mass is 79.9. The van der Waals surface area contributed by atoms with E-state index in [4.69, 9.17) is 29.4 Å². The predicted molar refractivity (Wildman–Crippen MR) is 518 cm³/mol. The molecule has 136 heavy (non-hydrogen) atoms. The number of likely N-dealkylation sites (N-methyl/N-ethyl adjacent to an activating group) is 2. The van der Waals surface area contributed by atoms with Gasteiger partial charge in [-0.3, -0.25) is 70.8 Å². The highest BCUT2D eigenvalue weighted by Gasteiger charge is 2.69. The van der Waals surface area contributed by atoms with Crippen LogP contribution in [-0.4, -0.2) is 148 Å². The van der Waals surface area contributed by atoms with E-state index < -0.39 is 254 Å². The second-order valence-corrected chi connectivity index (χ2v) is 36.9. The lowest BCUT2D eigenvalue weighted by Gasteiger charge is -2.52. The molecule has 0 radical (unpaired) electrons. The summed E-state index contributed by atoms with van der Waals surface area (Å²) in [6.07, 6.45) is -0.538. The third kappa shape index (κ3) is 15.8. The minimum absolute atomic E-state index is 0.106. The van der Waals surface area contributed by atoms with Crippen molar-refractivity contribution in [1.29, 1.82) is 0 Å². The molecular weight excluding hydrogens is 2090 g/mol. The molecule has 0 aliphatic rings. The second kappa shape index (κ2) is 38.1. The van der Waals surface area contributed by atoms with E-state index in [0.29, 0.717) is 27.3 Å². The van der Waals surface area contributed by atoms with Crippen LogP contribution in [0.5, 0.6) is 28.7 Å². The lowest BCUT2D eigenvalue weighted by Crippen LogP contribution is -2.68. The number of halogens is 10.